The summed E-state index contributed by atoms with van der Waals surface area (Å²) in [6, 6.07) is 6.58. The molecule has 0 aromatic heterocycles. The average Bonchev–Trinajstić information content (AvgIpc) is 3.48. The molecular weight excluding hydrogens is 452 g/mol. The molecule has 1 aromatic rings. The van der Waals surface area contributed by atoms with Crippen molar-refractivity contribution >= 4 is 5.91 Å². The Labute approximate surface area is 216 Å². The molecule has 1 aromatic carbocycles. The van der Waals surface area contributed by atoms with E-state index in [1.54, 1.807) is 0 Å². The van der Waals surface area contributed by atoms with Crippen molar-refractivity contribution < 1.29 is 14.7 Å². The Kier molecular flexibility index (Phi) is 7.76. The van der Waals surface area contributed by atoms with Crippen LogP contribution in [0.4, 0.5) is 0 Å². The zero-order valence-corrected chi connectivity index (χ0v) is 22.4. The summed E-state index contributed by atoms with van der Waals surface area (Å²) in [6.07, 6.45) is 12.9. The molecule has 0 bridgehead atoms. The largest absolute Gasteiger partial charge is 0.389 e. The van der Waals surface area contributed by atoms with Gasteiger partial charge in [-0.05, 0) is 75.5 Å². The maximum atomic E-state index is 13.7. The zero-order chi connectivity index (χ0) is 25.3. The summed E-state index contributed by atoms with van der Waals surface area (Å²) in [7, 11) is 0. The van der Waals surface area contributed by atoms with Crippen molar-refractivity contribution in [3.05, 3.63) is 34.9 Å². The number of nitrogens with one attached hydrogen (secondary N) is 4. The van der Waals surface area contributed by atoms with Crippen molar-refractivity contribution in [2.24, 2.45) is 5.92 Å². The molecule has 7 nitrogen and oxygen atoms in total. The molecule has 1 saturated carbocycles. The van der Waals surface area contributed by atoms with Gasteiger partial charge in [0.25, 0.3) is 0 Å². The highest BCUT2D eigenvalue weighted by Gasteiger charge is 2.46. The molecule has 4 aliphatic rings. The topological polar surface area (TPSA) is 94.7 Å². The van der Waals surface area contributed by atoms with Gasteiger partial charge in [-0.2, -0.15) is 5.48 Å². The molecule has 2 aliphatic heterocycles. The molecule has 1 amide bonds. The summed E-state index contributed by atoms with van der Waals surface area (Å²) >= 11 is 0. The lowest BCUT2D eigenvalue weighted by Crippen LogP contribution is -2.63. The van der Waals surface area contributed by atoms with Crippen LogP contribution in [0, 0.1) is 5.92 Å². The highest BCUT2D eigenvalue weighted by Crippen LogP contribution is 2.40. The Morgan fingerprint density at radius 3 is 2.64 bits per heavy atom. The molecule has 5 N–H and O–H groups in total. The first kappa shape index (κ1) is 26.1. The van der Waals surface area contributed by atoms with Crippen molar-refractivity contribution in [2.75, 3.05) is 0 Å². The van der Waals surface area contributed by atoms with E-state index >= 15 is 0 Å². The van der Waals surface area contributed by atoms with Gasteiger partial charge in [0.1, 0.15) is 12.4 Å². The first-order valence-electron chi connectivity index (χ1n) is 14.4. The fraction of sp³-hybridized carbons (Fsp3) is 0.759. The van der Waals surface area contributed by atoms with Crippen LogP contribution in [0.15, 0.2) is 18.2 Å². The smallest absolute Gasteiger partial charge is 0.223 e. The third-order valence-corrected chi connectivity index (χ3v) is 9.12. The van der Waals surface area contributed by atoms with Crippen LogP contribution in [-0.2, 0) is 16.1 Å². The highest BCUT2D eigenvalue weighted by molar-refractivity contribution is 5.79. The maximum absolute atomic E-state index is 13.7. The first-order valence-corrected chi connectivity index (χ1v) is 14.4. The zero-order valence-electron chi connectivity index (χ0n) is 22.4. The van der Waals surface area contributed by atoms with E-state index in [9.17, 15) is 9.90 Å². The summed E-state index contributed by atoms with van der Waals surface area (Å²) < 4.78 is 0. The number of aliphatic hydroxyl groups is 1. The van der Waals surface area contributed by atoms with Crippen LogP contribution >= 0.6 is 0 Å². The quantitative estimate of drug-likeness (QED) is 0.416. The molecule has 2 heterocycles. The Hall–Kier alpha value is -1.51. The number of hydrogen-bond acceptors (Lipinski definition) is 6. The number of amides is 1. The van der Waals surface area contributed by atoms with Gasteiger partial charge < -0.3 is 15.7 Å². The van der Waals surface area contributed by atoms with E-state index in [0.29, 0.717) is 6.42 Å². The summed E-state index contributed by atoms with van der Waals surface area (Å²) in [6.45, 7) is 5.87. The van der Waals surface area contributed by atoms with E-state index in [1.807, 2.05) is 13.8 Å². The minimum atomic E-state index is -0.854. The molecule has 0 radical (unpaired) electrons. The van der Waals surface area contributed by atoms with Crippen LogP contribution in [0.25, 0.3) is 0 Å². The molecule has 200 valence electrons. The van der Waals surface area contributed by atoms with Gasteiger partial charge >= 0.3 is 0 Å². The Morgan fingerprint density at radius 2 is 1.94 bits per heavy atom. The van der Waals surface area contributed by atoms with Crippen molar-refractivity contribution in [3.63, 3.8) is 0 Å². The van der Waals surface area contributed by atoms with Gasteiger partial charge in [0.15, 0.2) is 0 Å². The normalized spacial score (nSPS) is 32.6. The fourth-order valence-corrected chi connectivity index (χ4v) is 6.95. The lowest BCUT2D eigenvalue weighted by atomic mass is 9.70. The van der Waals surface area contributed by atoms with E-state index in [4.69, 9.17) is 4.84 Å². The molecule has 7 heteroatoms. The lowest BCUT2D eigenvalue weighted by Gasteiger charge is -2.49. The number of carbonyl (C=O) groups is 1. The second-order valence-corrected chi connectivity index (χ2v) is 12.3. The molecule has 3 fully saturated rings. The number of rotatable bonds is 5. The lowest BCUT2D eigenvalue weighted by molar-refractivity contribution is -0.129. The van der Waals surface area contributed by atoms with Crippen LogP contribution in [-0.4, -0.2) is 34.4 Å². The summed E-state index contributed by atoms with van der Waals surface area (Å²) in [4.78, 5) is 19.3. The van der Waals surface area contributed by atoms with E-state index < -0.39 is 5.60 Å². The average molecular weight is 499 g/mol. The van der Waals surface area contributed by atoms with Crippen LogP contribution in [0.3, 0.4) is 0 Å². The van der Waals surface area contributed by atoms with Crippen LogP contribution in [0.1, 0.15) is 120 Å². The third-order valence-electron chi connectivity index (χ3n) is 9.12. The van der Waals surface area contributed by atoms with Crippen molar-refractivity contribution in [3.8, 4) is 0 Å². The van der Waals surface area contributed by atoms with Gasteiger partial charge in [0, 0.05) is 17.5 Å². The molecule has 4 unspecified atom stereocenters. The Bertz CT molecular complexity index is 922. The van der Waals surface area contributed by atoms with Gasteiger partial charge in [-0.3, -0.25) is 14.9 Å². The van der Waals surface area contributed by atoms with E-state index in [0.717, 1.165) is 38.5 Å². The monoisotopic (exact) mass is 498 g/mol. The minimum Gasteiger partial charge on any atom is -0.389 e. The van der Waals surface area contributed by atoms with Gasteiger partial charge in [-0.1, -0.05) is 57.2 Å². The van der Waals surface area contributed by atoms with E-state index in [-0.39, 0.29) is 41.8 Å². The molecule has 36 heavy (non-hydrogen) atoms. The molecule has 5 atom stereocenters. The van der Waals surface area contributed by atoms with Gasteiger partial charge in [-0.15, -0.1) is 0 Å². The summed E-state index contributed by atoms with van der Waals surface area (Å²) in [5.74, 6) is 0.0906. The Morgan fingerprint density at radius 1 is 1.19 bits per heavy atom. The first-order chi connectivity index (χ1) is 17.3. The predicted octanol–water partition coefficient (Wildman–Crippen LogP) is 4.27. The number of piperidine rings is 1. The van der Waals surface area contributed by atoms with Gasteiger partial charge in [-0.25, -0.2) is 0 Å². The van der Waals surface area contributed by atoms with Crippen LogP contribution < -0.4 is 21.4 Å². The van der Waals surface area contributed by atoms with Crippen LogP contribution in [0.2, 0.25) is 0 Å². The summed E-state index contributed by atoms with van der Waals surface area (Å²) in [5.41, 5.74) is 5.94. The Balaban J connectivity index is 1.28. The number of benzene rings is 1. The second-order valence-electron chi connectivity index (χ2n) is 12.3. The molecule has 1 spiro atoms. The van der Waals surface area contributed by atoms with E-state index in [1.165, 1.54) is 48.8 Å². The van der Waals surface area contributed by atoms with Crippen molar-refractivity contribution in [2.45, 2.75) is 133 Å². The van der Waals surface area contributed by atoms with Crippen LogP contribution in [0.5, 0.6) is 0 Å². The van der Waals surface area contributed by atoms with Gasteiger partial charge in [0.05, 0.1) is 11.6 Å². The second kappa shape index (κ2) is 10.7. The number of hydroxylamine groups is 1. The predicted molar refractivity (Wildman–Crippen MR) is 141 cm³/mol. The van der Waals surface area contributed by atoms with E-state index in [2.05, 4.69) is 46.6 Å². The fourth-order valence-electron chi connectivity index (χ4n) is 6.95. The summed E-state index contributed by atoms with van der Waals surface area (Å²) in [5, 5.41) is 21.7. The molecule has 2 saturated heterocycles. The molecule has 2 aliphatic carbocycles. The maximum Gasteiger partial charge on any atom is 0.223 e. The highest BCUT2D eigenvalue weighted by atomic mass is 16.7. The standard InChI is InChI=1S/C29H46N4O3/c1-4-25-31-26(33-36-25)20-10-12-22-19(16-20)11-13-23(22)30-27(34)21-17-24(28(2,3)35)32-29(18-21)14-8-6-5-7-9-15-29/h10,12,16,21,23-26,31-33,35H,4-9,11,13-15,17-18H2,1-3H3,(H,30,34)/t21?,23-,24?,25?,26?/m1/s1. The number of hydrogen-bond donors (Lipinski definition) is 5. The minimum absolute atomic E-state index is 0.00219. The van der Waals surface area contributed by atoms with Crippen molar-refractivity contribution in [1.29, 1.82) is 0 Å². The number of carbonyl (C=O) groups excluding carboxylic acids is 1. The van der Waals surface area contributed by atoms with Crippen molar-refractivity contribution in [1.82, 2.24) is 21.4 Å². The number of fused-ring (bicyclic) bond motifs is 1. The third kappa shape index (κ3) is 5.65. The van der Waals surface area contributed by atoms with Gasteiger partial charge in [0.2, 0.25) is 5.91 Å². The molecule has 5 rings (SSSR count). The molecular formula is C29H46N4O3. The SMILES string of the molecule is CCC1NC(c2ccc3c(c2)CC[C@H]3NC(=O)C2CC(C(C)(C)O)NC3(CCCCCCC3)C2)NO1. The number of aryl methyl sites for hydroxylation is 1.